The molecule has 0 aromatic heterocycles. The van der Waals surface area contributed by atoms with E-state index in [2.05, 4.69) is 10.6 Å². The largest absolute Gasteiger partial charge is 0.494 e. The van der Waals surface area contributed by atoms with Gasteiger partial charge in [-0.25, -0.2) is 0 Å². The second kappa shape index (κ2) is 8.94. The molecule has 0 aliphatic carbocycles. The van der Waals surface area contributed by atoms with Crippen molar-refractivity contribution in [2.24, 2.45) is 0 Å². The number of halogens is 3. The van der Waals surface area contributed by atoms with Crippen LogP contribution < -0.4 is 15.4 Å². The van der Waals surface area contributed by atoms with Gasteiger partial charge in [-0.1, -0.05) is 34.8 Å². The van der Waals surface area contributed by atoms with E-state index in [1.165, 1.54) is 13.2 Å². The Labute approximate surface area is 160 Å². The molecule has 0 bridgehead atoms. The van der Waals surface area contributed by atoms with E-state index in [0.29, 0.717) is 10.6 Å². The van der Waals surface area contributed by atoms with Gasteiger partial charge in [0.1, 0.15) is 5.56 Å². The maximum atomic E-state index is 12.3. The fourth-order valence-electron chi connectivity index (χ4n) is 2.09. The number of carbonyl (C=O) groups excluding carboxylic acids is 2. The lowest BCUT2D eigenvalue weighted by atomic mass is 10.2. The molecule has 0 radical (unpaired) electrons. The molecule has 0 atom stereocenters. The normalized spacial score (nSPS) is 10.2. The molecule has 132 valence electrons. The Morgan fingerprint density at radius 1 is 0.880 bits per heavy atom. The molecule has 0 saturated carbocycles. The van der Waals surface area contributed by atoms with Crippen LogP contribution in [0.2, 0.25) is 15.1 Å². The predicted octanol–water partition coefficient (Wildman–Crippen LogP) is 3.82. The van der Waals surface area contributed by atoms with Crippen molar-refractivity contribution >= 4 is 46.6 Å². The molecule has 2 aromatic rings. The molecule has 0 aliphatic heterocycles. The van der Waals surface area contributed by atoms with Gasteiger partial charge in [0.15, 0.2) is 5.75 Å². The Morgan fingerprint density at radius 2 is 1.44 bits per heavy atom. The van der Waals surface area contributed by atoms with Gasteiger partial charge in [-0.3, -0.25) is 9.59 Å². The quantitative estimate of drug-likeness (QED) is 0.723. The van der Waals surface area contributed by atoms with Crippen LogP contribution in [0.1, 0.15) is 20.7 Å². The molecule has 0 saturated heterocycles. The smallest absolute Gasteiger partial charge is 0.256 e. The Bertz CT molecular complexity index is 779. The van der Waals surface area contributed by atoms with Gasteiger partial charge < -0.3 is 15.4 Å². The van der Waals surface area contributed by atoms with Gasteiger partial charge in [-0.15, -0.1) is 0 Å². The van der Waals surface area contributed by atoms with E-state index >= 15 is 0 Å². The monoisotopic (exact) mass is 400 g/mol. The van der Waals surface area contributed by atoms with Gasteiger partial charge in [-0.05, 0) is 36.4 Å². The van der Waals surface area contributed by atoms with Crippen molar-refractivity contribution in [3.05, 3.63) is 62.6 Å². The number of ether oxygens (including phenoxy) is 1. The van der Waals surface area contributed by atoms with Crippen LogP contribution in [-0.4, -0.2) is 32.0 Å². The highest BCUT2D eigenvalue weighted by Crippen LogP contribution is 2.33. The second-order valence-corrected chi connectivity index (χ2v) is 6.21. The summed E-state index contributed by atoms with van der Waals surface area (Å²) in [6.45, 7) is 0.456. The lowest BCUT2D eigenvalue weighted by Crippen LogP contribution is -2.35. The van der Waals surface area contributed by atoms with E-state index in [4.69, 9.17) is 39.5 Å². The van der Waals surface area contributed by atoms with Crippen LogP contribution in [0.15, 0.2) is 36.4 Å². The molecule has 0 fully saturated rings. The zero-order valence-electron chi connectivity index (χ0n) is 13.2. The summed E-state index contributed by atoms with van der Waals surface area (Å²) in [7, 11) is 1.40. The highest BCUT2D eigenvalue weighted by atomic mass is 35.5. The summed E-state index contributed by atoms with van der Waals surface area (Å²) < 4.78 is 5.13. The fourth-order valence-corrected chi connectivity index (χ4v) is 2.68. The molecule has 2 rings (SSSR count). The van der Waals surface area contributed by atoms with Gasteiger partial charge in [0.05, 0.1) is 17.2 Å². The molecule has 25 heavy (non-hydrogen) atoms. The lowest BCUT2D eigenvalue weighted by molar-refractivity contribution is 0.0926. The minimum atomic E-state index is -0.440. The van der Waals surface area contributed by atoms with Crippen molar-refractivity contribution < 1.29 is 14.3 Å². The van der Waals surface area contributed by atoms with Crippen molar-refractivity contribution in [1.82, 2.24) is 10.6 Å². The summed E-state index contributed by atoms with van der Waals surface area (Å²) in [5, 5.41) is 6.42. The molecular formula is C17H15Cl3N2O3. The van der Waals surface area contributed by atoms with E-state index in [9.17, 15) is 9.59 Å². The molecule has 0 aliphatic rings. The third-order valence-electron chi connectivity index (χ3n) is 3.29. The predicted molar refractivity (Wildman–Crippen MR) is 99.1 cm³/mol. The van der Waals surface area contributed by atoms with Crippen molar-refractivity contribution in [3.8, 4) is 5.75 Å². The van der Waals surface area contributed by atoms with Crippen LogP contribution in [0.4, 0.5) is 0 Å². The maximum Gasteiger partial charge on any atom is 0.256 e. The van der Waals surface area contributed by atoms with Gasteiger partial charge in [-0.2, -0.15) is 0 Å². The number of rotatable bonds is 6. The first-order valence-electron chi connectivity index (χ1n) is 7.28. The third kappa shape index (κ3) is 5.01. The number of carbonyl (C=O) groups is 2. The average Bonchev–Trinajstić information content (AvgIpc) is 2.60. The van der Waals surface area contributed by atoms with Gasteiger partial charge in [0, 0.05) is 23.7 Å². The maximum absolute atomic E-state index is 12.3. The molecule has 0 unspecified atom stereocenters. The third-order valence-corrected chi connectivity index (χ3v) is 4.16. The van der Waals surface area contributed by atoms with Crippen LogP contribution >= 0.6 is 34.8 Å². The summed E-state index contributed by atoms with van der Waals surface area (Å²) in [5.41, 5.74) is 0.635. The summed E-state index contributed by atoms with van der Waals surface area (Å²) in [6.07, 6.45) is 0. The number of hydrogen-bond acceptors (Lipinski definition) is 3. The first kappa shape index (κ1) is 19.4. The van der Waals surface area contributed by atoms with Crippen molar-refractivity contribution in [3.63, 3.8) is 0 Å². The molecular weight excluding hydrogens is 387 g/mol. The molecule has 2 aromatic carbocycles. The minimum absolute atomic E-state index is 0.153. The first-order valence-corrected chi connectivity index (χ1v) is 8.41. The highest BCUT2D eigenvalue weighted by Gasteiger charge is 2.19. The van der Waals surface area contributed by atoms with Crippen LogP contribution in [0, 0.1) is 0 Å². The molecule has 0 heterocycles. The van der Waals surface area contributed by atoms with E-state index in [-0.39, 0.29) is 40.4 Å². The summed E-state index contributed by atoms with van der Waals surface area (Å²) in [5.74, 6) is -0.494. The van der Waals surface area contributed by atoms with Gasteiger partial charge in [0.25, 0.3) is 11.8 Å². The van der Waals surface area contributed by atoms with Crippen LogP contribution in [-0.2, 0) is 0 Å². The van der Waals surface area contributed by atoms with Crippen molar-refractivity contribution in [1.29, 1.82) is 0 Å². The standard InChI is InChI=1S/C17H15Cl3N2O3/c1-25-15-13(20)7-6-12(19)14(15)17(24)22-9-8-21-16(23)10-2-4-11(18)5-3-10/h2-7H,8-9H2,1H3,(H,21,23)(H,22,24). The Hall–Kier alpha value is -1.95. The van der Waals surface area contributed by atoms with E-state index in [1.807, 2.05) is 0 Å². The van der Waals surface area contributed by atoms with Crippen molar-refractivity contribution in [2.45, 2.75) is 0 Å². The van der Waals surface area contributed by atoms with E-state index in [1.54, 1.807) is 30.3 Å². The van der Waals surface area contributed by atoms with Gasteiger partial charge in [0.2, 0.25) is 0 Å². The molecule has 0 spiro atoms. The number of hydrogen-bond donors (Lipinski definition) is 2. The van der Waals surface area contributed by atoms with Gasteiger partial charge >= 0.3 is 0 Å². The number of amides is 2. The Balaban J connectivity index is 1.90. The van der Waals surface area contributed by atoms with Crippen LogP contribution in [0.25, 0.3) is 0 Å². The fraction of sp³-hybridized carbons (Fsp3) is 0.176. The summed E-state index contributed by atoms with van der Waals surface area (Å²) >= 11 is 17.8. The van der Waals surface area contributed by atoms with Crippen LogP contribution in [0.5, 0.6) is 5.75 Å². The molecule has 8 heteroatoms. The summed E-state index contributed by atoms with van der Waals surface area (Å²) in [4.78, 5) is 24.2. The van der Waals surface area contributed by atoms with E-state index < -0.39 is 5.91 Å². The number of methoxy groups -OCH3 is 1. The number of nitrogens with one attached hydrogen (secondary N) is 2. The zero-order chi connectivity index (χ0) is 18.4. The van der Waals surface area contributed by atoms with E-state index in [0.717, 1.165) is 0 Å². The molecule has 2 amide bonds. The zero-order valence-corrected chi connectivity index (χ0v) is 15.5. The summed E-state index contributed by atoms with van der Waals surface area (Å²) in [6, 6.07) is 9.56. The van der Waals surface area contributed by atoms with Crippen molar-refractivity contribution in [2.75, 3.05) is 20.2 Å². The van der Waals surface area contributed by atoms with Crippen LogP contribution in [0.3, 0.4) is 0 Å². The molecule has 5 nitrogen and oxygen atoms in total. The number of benzene rings is 2. The second-order valence-electron chi connectivity index (χ2n) is 4.96. The first-order chi connectivity index (χ1) is 11.9. The SMILES string of the molecule is COc1c(Cl)ccc(Cl)c1C(=O)NCCNC(=O)c1ccc(Cl)cc1. The average molecular weight is 402 g/mol. The lowest BCUT2D eigenvalue weighted by Gasteiger charge is -2.12. The minimum Gasteiger partial charge on any atom is -0.494 e. The highest BCUT2D eigenvalue weighted by molar-refractivity contribution is 6.37. The molecule has 2 N–H and O–H groups in total. The Kier molecular flexibility index (Phi) is 6.93. The topological polar surface area (TPSA) is 67.4 Å². The Morgan fingerprint density at radius 3 is 2.04 bits per heavy atom.